The van der Waals surface area contributed by atoms with Crippen molar-refractivity contribution < 1.29 is 5.11 Å². The van der Waals surface area contributed by atoms with Crippen molar-refractivity contribution in [2.75, 3.05) is 36.5 Å². The minimum absolute atomic E-state index is 0.131. The first kappa shape index (κ1) is 16.0. The van der Waals surface area contributed by atoms with Crippen molar-refractivity contribution in [3.8, 4) is 0 Å². The number of aromatic nitrogens is 2. The molecule has 0 aliphatic rings. The van der Waals surface area contributed by atoms with Crippen LogP contribution in [0.3, 0.4) is 0 Å². The van der Waals surface area contributed by atoms with Crippen LogP contribution in [0.4, 0.5) is 11.8 Å². The summed E-state index contributed by atoms with van der Waals surface area (Å²) in [5.41, 5.74) is 0. The van der Waals surface area contributed by atoms with E-state index in [9.17, 15) is 5.11 Å². The van der Waals surface area contributed by atoms with Crippen molar-refractivity contribution in [2.45, 2.75) is 33.6 Å². The number of aliphatic hydroxyl groups is 1. The lowest BCUT2D eigenvalue weighted by atomic mass is 10.3. The van der Waals surface area contributed by atoms with Gasteiger partial charge in [0.05, 0.1) is 12.0 Å². The number of thiophene rings is 1. The summed E-state index contributed by atoms with van der Waals surface area (Å²) in [5.74, 6) is 1.61. The van der Waals surface area contributed by atoms with Gasteiger partial charge in [0.25, 0.3) is 0 Å². The molecule has 2 aromatic rings. The quantitative estimate of drug-likeness (QED) is 0.785. The summed E-state index contributed by atoms with van der Waals surface area (Å²) in [7, 11) is 0. The molecule has 0 saturated carbocycles. The lowest BCUT2D eigenvalue weighted by Gasteiger charge is -2.23. The molecule has 21 heavy (non-hydrogen) atoms. The van der Waals surface area contributed by atoms with E-state index in [-0.39, 0.29) is 6.61 Å². The number of rotatable bonds is 8. The van der Waals surface area contributed by atoms with Crippen LogP contribution in [0.1, 0.15) is 31.6 Å². The van der Waals surface area contributed by atoms with Crippen molar-refractivity contribution >= 4 is 33.3 Å². The molecule has 116 valence electrons. The number of hydrogen-bond donors (Lipinski definition) is 2. The van der Waals surface area contributed by atoms with Crippen molar-refractivity contribution in [3.05, 3.63) is 10.9 Å². The van der Waals surface area contributed by atoms with Gasteiger partial charge in [0.2, 0.25) is 5.95 Å². The van der Waals surface area contributed by atoms with E-state index in [0.29, 0.717) is 12.5 Å². The highest BCUT2D eigenvalue weighted by Crippen LogP contribution is 2.31. The highest BCUT2D eigenvalue weighted by atomic mass is 32.1. The summed E-state index contributed by atoms with van der Waals surface area (Å²) in [4.78, 5) is 13.7. The van der Waals surface area contributed by atoms with Crippen LogP contribution in [0.25, 0.3) is 10.2 Å². The van der Waals surface area contributed by atoms with Gasteiger partial charge in [-0.25, -0.2) is 4.98 Å². The fourth-order valence-corrected chi connectivity index (χ4v) is 3.17. The molecule has 2 aromatic heterocycles. The number of anilines is 2. The molecule has 0 radical (unpaired) electrons. The first-order valence-electron chi connectivity index (χ1n) is 7.57. The summed E-state index contributed by atoms with van der Waals surface area (Å²) in [5, 5.41) is 13.7. The molecule has 6 heteroatoms. The Hall–Kier alpha value is -1.40. The largest absolute Gasteiger partial charge is 0.395 e. The third-order valence-electron chi connectivity index (χ3n) is 3.19. The first-order valence-corrected chi connectivity index (χ1v) is 8.39. The van der Waals surface area contributed by atoms with E-state index in [2.05, 4.69) is 47.0 Å². The third kappa shape index (κ3) is 3.83. The number of aliphatic hydroxyl groups excluding tert-OH is 1. The molecule has 0 aromatic carbocycles. The predicted molar refractivity (Wildman–Crippen MR) is 90.5 cm³/mol. The Balaban J connectivity index is 2.46. The number of nitrogens with one attached hydrogen (secondary N) is 1. The van der Waals surface area contributed by atoms with Crippen molar-refractivity contribution in [1.82, 2.24) is 9.97 Å². The Morgan fingerprint density at radius 1 is 1.24 bits per heavy atom. The van der Waals surface area contributed by atoms with Gasteiger partial charge in [-0.15, -0.1) is 11.3 Å². The molecular weight excluding hydrogens is 284 g/mol. The maximum absolute atomic E-state index is 9.31. The minimum atomic E-state index is 0.131. The fourth-order valence-electron chi connectivity index (χ4n) is 2.30. The number of nitrogens with zero attached hydrogens (tertiary/aromatic N) is 3. The molecule has 0 aliphatic heterocycles. The Labute approximate surface area is 130 Å². The van der Waals surface area contributed by atoms with Gasteiger partial charge in [0.1, 0.15) is 10.6 Å². The van der Waals surface area contributed by atoms with Crippen LogP contribution in [-0.4, -0.2) is 41.3 Å². The van der Waals surface area contributed by atoms with E-state index in [1.165, 1.54) is 4.88 Å². The van der Waals surface area contributed by atoms with Crippen LogP contribution in [0.15, 0.2) is 6.07 Å². The zero-order valence-electron chi connectivity index (χ0n) is 13.0. The normalized spacial score (nSPS) is 11.0. The molecule has 0 saturated heterocycles. The van der Waals surface area contributed by atoms with Gasteiger partial charge in [0, 0.05) is 24.5 Å². The van der Waals surface area contributed by atoms with Crippen molar-refractivity contribution in [2.24, 2.45) is 0 Å². The highest BCUT2D eigenvalue weighted by molar-refractivity contribution is 7.18. The summed E-state index contributed by atoms with van der Waals surface area (Å²) in [6.45, 7) is 8.83. The van der Waals surface area contributed by atoms with Crippen LogP contribution in [0, 0.1) is 6.92 Å². The second-order valence-corrected chi connectivity index (χ2v) is 6.32. The standard InChI is InChI=1S/C15H24N4OS/c1-4-6-16-15-17-13(19(7-5-2)8-9-20)12-10-11(3)21-14(12)18-15/h10,20H,4-9H2,1-3H3,(H,16,17,18). The Morgan fingerprint density at radius 3 is 2.71 bits per heavy atom. The molecule has 2 heterocycles. The van der Waals surface area contributed by atoms with E-state index in [1.807, 2.05) is 0 Å². The zero-order chi connectivity index (χ0) is 15.2. The summed E-state index contributed by atoms with van der Waals surface area (Å²) in [6.07, 6.45) is 2.06. The lowest BCUT2D eigenvalue weighted by molar-refractivity contribution is 0.301. The highest BCUT2D eigenvalue weighted by Gasteiger charge is 2.15. The SMILES string of the molecule is CCCNc1nc(N(CCC)CCO)c2cc(C)sc2n1. The smallest absolute Gasteiger partial charge is 0.226 e. The van der Waals surface area contributed by atoms with Crippen molar-refractivity contribution in [3.63, 3.8) is 0 Å². The zero-order valence-corrected chi connectivity index (χ0v) is 13.8. The van der Waals surface area contributed by atoms with Gasteiger partial charge < -0.3 is 15.3 Å². The van der Waals surface area contributed by atoms with Gasteiger partial charge in [-0.2, -0.15) is 4.98 Å². The van der Waals surface area contributed by atoms with E-state index in [0.717, 1.165) is 42.0 Å². The van der Waals surface area contributed by atoms with E-state index >= 15 is 0 Å². The lowest BCUT2D eigenvalue weighted by Crippen LogP contribution is -2.28. The van der Waals surface area contributed by atoms with Crippen LogP contribution in [-0.2, 0) is 0 Å². The van der Waals surface area contributed by atoms with Crippen LogP contribution >= 0.6 is 11.3 Å². The summed E-state index contributed by atoms with van der Waals surface area (Å²) in [6, 6.07) is 2.14. The molecule has 0 fully saturated rings. The average molecular weight is 308 g/mol. The number of aryl methyl sites for hydroxylation is 1. The van der Waals surface area contributed by atoms with E-state index in [4.69, 9.17) is 0 Å². The average Bonchev–Trinajstić information content (AvgIpc) is 2.84. The molecule has 0 unspecified atom stereocenters. The molecular formula is C15H24N4OS. The van der Waals surface area contributed by atoms with Crippen LogP contribution in [0.5, 0.6) is 0 Å². The van der Waals surface area contributed by atoms with Gasteiger partial charge in [-0.3, -0.25) is 0 Å². The maximum Gasteiger partial charge on any atom is 0.226 e. The van der Waals surface area contributed by atoms with Gasteiger partial charge in [0.15, 0.2) is 0 Å². The Morgan fingerprint density at radius 2 is 2.05 bits per heavy atom. The van der Waals surface area contributed by atoms with E-state index < -0.39 is 0 Å². The van der Waals surface area contributed by atoms with E-state index in [1.54, 1.807) is 11.3 Å². The number of fused-ring (bicyclic) bond motifs is 1. The molecule has 2 N–H and O–H groups in total. The minimum Gasteiger partial charge on any atom is -0.395 e. The van der Waals surface area contributed by atoms with Crippen molar-refractivity contribution in [1.29, 1.82) is 0 Å². The Kier molecular flexibility index (Phi) is 5.76. The third-order valence-corrected chi connectivity index (χ3v) is 4.14. The van der Waals surface area contributed by atoms with Gasteiger partial charge >= 0.3 is 0 Å². The molecule has 0 bridgehead atoms. The summed E-state index contributed by atoms with van der Waals surface area (Å²) >= 11 is 1.69. The molecule has 5 nitrogen and oxygen atoms in total. The second kappa shape index (κ2) is 7.56. The summed E-state index contributed by atoms with van der Waals surface area (Å²) < 4.78 is 0. The van der Waals surface area contributed by atoms with Gasteiger partial charge in [-0.05, 0) is 25.8 Å². The molecule has 0 spiro atoms. The Bertz CT molecular complexity index is 578. The molecule has 0 atom stereocenters. The van der Waals surface area contributed by atoms with Gasteiger partial charge in [-0.1, -0.05) is 13.8 Å². The maximum atomic E-state index is 9.31. The van der Waals surface area contributed by atoms with Crippen LogP contribution < -0.4 is 10.2 Å². The topological polar surface area (TPSA) is 61.3 Å². The second-order valence-electron chi connectivity index (χ2n) is 5.08. The molecule has 2 rings (SSSR count). The predicted octanol–water partition coefficient (Wildman–Crippen LogP) is 3.03. The monoisotopic (exact) mass is 308 g/mol. The van der Waals surface area contributed by atoms with Crippen LogP contribution in [0.2, 0.25) is 0 Å². The fraction of sp³-hybridized carbons (Fsp3) is 0.600. The number of hydrogen-bond acceptors (Lipinski definition) is 6. The molecule has 0 amide bonds. The molecule has 0 aliphatic carbocycles. The first-order chi connectivity index (χ1) is 10.2.